The number of tetrazole rings is 1. The minimum Gasteiger partial charge on any atom is -0.351 e. The maximum absolute atomic E-state index is 15.4. The molecule has 0 atom stereocenters. The number of carbonyl (C=O) groups is 1. The van der Waals surface area contributed by atoms with E-state index in [0.29, 0.717) is 29.1 Å². The molecule has 0 radical (unpaired) electrons. The fourth-order valence-corrected chi connectivity index (χ4v) is 3.61. The van der Waals surface area contributed by atoms with E-state index in [-0.39, 0.29) is 23.2 Å². The quantitative estimate of drug-likeness (QED) is 0.442. The third-order valence-corrected chi connectivity index (χ3v) is 5.35. The van der Waals surface area contributed by atoms with Gasteiger partial charge in [0.25, 0.3) is 0 Å². The Balaban J connectivity index is 1.62. The number of carbonyl (C=O) groups excluding carboxylic acids is 1. The largest absolute Gasteiger partial charge is 0.351 e. The fourth-order valence-electron chi connectivity index (χ4n) is 3.61. The molecule has 1 fully saturated rings. The van der Waals surface area contributed by atoms with Gasteiger partial charge < -0.3 is 15.6 Å². The molecule has 158 valence electrons. The number of amides is 1. The van der Waals surface area contributed by atoms with Crippen molar-refractivity contribution in [2.24, 2.45) is 13.0 Å². The first-order valence-corrected chi connectivity index (χ1v) is 10.0. The van der Waals surface area contributed by atoms with Gasteiger partial charge in [0, 0.05) is 35.3 Å². The summed E-state index contributed by atoms with van der Waals surface area (Å²) >= 11 is 0. The van der Waals surface area contributed by atoms with Crippen LogP contribution in [-0.2, 0) is 18.4 Å². The lowest BCUT2D eigenvalue weighted by Crippen LogP contribution is -2.15. The van der Waals surface area contributed by atoms with Gasteiger partial charge in [-0.1, -0.05) is 6.07 Å². The van der Waals surface area contributed by atoms with Gasteiger partial charge in [-0.2, -0.15) is 4.80 Å². The number of pyridine rings is 1. The maximum Gasteiger partial charge on any atom is 0.228 e. The molecule has 1 aliphatic rings. The molecule has 9 nitrogen and oxygen atoms in total. The molecule has 0 spiro atoms. The summed E-state index contributed by atoms with van der Waals surface area (Å²) in [7, 11) is 3.48. The number of rotatable bonds is 6. The summed E-state index contributed by atoms with van der Waals surface area (Å²) in [5.74, 6) is 0.233. The average molecular weight is 420 g/mol. The Hall–Kier alpha value is -3.66. The lowest BCUT2D eigenvalue weighted by molar-refractivity contribution is -0.117. The van der Waals surface area contributed by atoms with Crippen molar-refractivity contribution >= 4 is 22.6 Å². The van der Waals surface area contributed by atoms with E-state index in [1.807, 2.05) is 13.1 Å². The van der Waals surface area contributed by atoms with E-state index in [1.165, 1.54) is 4.80 Å². The second-order valence-electron chi connectivity index (χ2n) is 7.67. The third-order valence-electron chi connectivity index (χ3n) is 5.35. The van der Waals surface area contributed by atoms with Crippen molar-refractivity contribution in [2.45, 2.75) is 19.4 Å². The van der Waals surface area contributed by atoms with E-state index in [9.17, 15) is 4.79 Å². The molecule has 3 N–H and O–H groups in total. The van der Waals surface area contributed by atoms with E-state index >= 15 is 4.39 Å². The number of hydrogen-bond acceptors (Lipinski definition) is 6. The maximum atomic E-state index is 15.4. The molecule has 0 bridgehead atoms. The summed E-state index contributed by atoms with van der Waals surface area (Å²) < 4.78 is 15.4. The highest BCUT2D eigenvalue weighted by atomic mass is 19.1. The van der Waals surface area contributed by atoms with Gasteiger partial charge in [-0.25, -0.2) is 9.37 Å². The van der Waals surface area contributed by atoms with Crippen LogP contribution in [0.4, 0.5) is 10.2 Å². The van der Waals surface area contributed by atoms with Gasteiger partial charge >= 0.3 is 0 Å². The molecule has 4 aromatic rings. The highest BCUT2D eigenvalue weighted by molar-refractivity contribution is 6.02. The molecule has 0 aliphatic heterocycles. The van der Waals surface area contributed by atoms with Crippen LogP contribution in [0.5, 0.6) is 0 Å². The average Bonchev–Trinajstić information content (AvgIpc) is 3.37. The second-order valence-corrected chi connectivity index (χ2v) is 7.67. The van der Waals surface area contributed by atoms with Crippen LogP contribution in [0.3, 0.4) is 0 Å². The number of hydrogen-bond donors (Lipinski definition) is 3. The van der Waals surface area contributed by atoms with E-state index in [0.717, 1.165) is 23.8 Å². The van der Waals surface area contributed by atoms with Crippen molar-refractivity contribution in [3.8, 4) is 22.6 Å². The summed E-state index contributed by atoms with van der Waals surface area (Å²) in [5, 5.41) is 18.7. The number of halogens is 1. The molecular formula is C21H21FN8O. The number of aromatic amines is 1. The predicted molar refractivity (Wildman–Crippen MR) is 113 cm³/mol. The fraction of sp³-hybridized carbons (Fsp3) is 0.286. The van der Waals surface area contributed by atoms with Gasteiger partial charge in [-0.05, 0) is 48.9 Å². The molecule has 1 aliphatic carbocycles. The summed E-state index contributed by atoms with van der Waals surface area (Å²) in [6.45, 7) is 0.587. The first kappa shape index (κ1) is 19.3. The molecule has 0 unspecified atom stereocenters. The zero-order chi connectivity index (χ0) is 21.5. The van der Waals surface area contributed by atoms with Gasteiger partial charge in [0.05, 0.1) is 18.1 Å². The molecular weight excluding hydrogens is 399 g/mol. The first-order chi connectivity index (χ1) is 15.0. The topological polar surface area (TPSA) is 113 Å². The Morgan fingerprint density at radius 3 is 2.84 bits per heavy atom. The van der Waals surface area contributed by atoms with Crippen LogP contribution in [0.1, 0.15) is 18.4 Å². The zero-order valence-electron chi connectivity index (χ0n) is 17.1. The molecule has 5 rings (SSSR count). The Bertz CT molecular complexity index is 1290. The van der Waals surface area contributed by atoms with Gasteiger partial charge in [-0.3, -0.25) is 4.79 Å². The number of anilines is 1. The van der Waals surface area contributed by atoms with Crippen LogP contribution in [0.15, 0.2) is 30.5 Å². The lowest BCUT2D eigenvalue weighted by Gasteiger charge is -2.08. The number of nitrogens with one attached hydrogen (secondary N) is 3. The Labute approximate surface area is 177 Å². The Morgan fingerprint density at radius 1 is 1.32 bits per heavy atom. The SMILES string of the molecule is CNCc1cnc(NC(=O)C2CC2)c2[nH]c(-c3cccc(-c4nnn(C)n4)c3F)cc12. The van der Waals surface area contributed by atoms with Crippen molar-refractivity contribution in [1.29, 1.82) is 0 Å². The molecule has 3 heterocycles. The first-order valence-electron chi connectivity index (χ1n) is 10.0. The normalized spacial score (nSPS) is 13.6. The van der Waals surface area contributed by atoms with Crippen molar-refractivity contribution in [1.82, 2.24) is 35.5 Å². The minimum absolute atomic E-state index is 0.0341. The summed E-state index contributed by atoms with van der Waals surface area (Å²) in [6, 6.07) is 6.93. The van der Waals surface area contributed by atoms with Crippen LogP contribution in [-0.4, -0.2) is 43.1 Å². The number of fused-ring (bicyclic) bond motifs is 1. The number of nitrogens with zero attached hydrogens (tertiary/aromatic N) is 5. The number of aryl methyl sites for hydroxylation is 1. The summed E-state index contributed by atoms with van der Waals surface area (Å²) in [5.41, 5.74) is 2.82. The van der Waals surface area contributed by atoms with Crippen LogP contribution >= 0.6 is 0 Å². The number of benzene rings is 1. The smallest absolute Gasteiger partial charge is 0.228 e. The van der Waals surface area contributed by atoms with Gasteiger partial charge in [0.2, 0.25) is 11.7 Å². The monoisotopic (exact) mass is 420 g/mol. The van der Waals surface area contributed by atoms with E-state index in [2.05, 4.69) is 36.0 Å². The zero-order valence-corrected chi connectivity index (χ0v) is 17.1. The number of H-pyrrole nitrogens is 1. The van der Waals surface area contributed by atoms with Gasteiger partial charge in [0.1, 0.15) is 5.82 Å². The van der Waals surface area contributed by atoms with E-state index in [1.54, 1.807) is 31.4 Å². The molecule has 1 aromatic carbocycles. The van der Waals surface area contributed by atoms with Crippen molar-refractivity contribution < 1.29 is 9.18 Å². The highest BCUT2D eigenvalue weighted by Crippen LogP contribution is 2.35. The Kier molecular flexibility index (Phi) is 4.70. The minimum atomic E-state index is -0.450. The molecule has 0 saturated heterocycles. The highest BCUT2D eigenvalue weighted by Gasteiger charge is 2.30. The van der Waals surface area contributed by atoms with Crippen LogP contribution in [0.2, 0.25) is 0 Å². The molecule has 1 saturated carbocycles. The Morgan fingerprint density at radius 2 is 2.13 bits per heavy atom. The van der Waals surface area contributed by atoms with Crippen LogP contribution < -0.4 is 10.6 Å². The van der Waals surface area contributed by atoms with E-state index in [4.69, 9.17) is 0 Å². The lowest BCUT2D eigenvalue weighted by atomic mass is 10.1. The molecule has 1 amide bonds. The molecule has 10 heteroatoms. The predicted octanol–water partition coefficient (Wildman–Crippen LogP) is 2.63. The standard InChI is InChI=1S/C21H21FN8O/c1-23-9-12-10-24-20(26-21(31)11-6-7-11)18-15(12)8-16(25-18)13-4-3-5-14(17(13)22)19-27-29-30(2)28-19/h3-5,8,10-11,23,25H,6-7,9H2,1-2H3,(H,24,26,31). The molecule has 3 aromatic heterocycles. The van der Waals surface area contributed by atoms with Gasteiger partial charge in [0.15, 0.2) is 5.82 Å². The number of aromatic nitrogens is 6. The van der Waals surface area contributed by atoms with Crippen LogP contribution in [0.25, 0.3) is 33.5 Å². The summed E-state index contributed by atoms with van der Waals surface area (Å²) in [6.07, 6.45) is 3.53. The van der Waals surface area contributed by atoms with Crippen molar-refractivity contribution in [2.75, 3.05) is 12.4 Å². The second kappa shape index (κ2) is 7.55. The van der Waals surface area contributed by atoms with Crippen LogP contribution in [0, 0.1) is 11.7 Å². The summed E-state index contributed by atoms with van der Waals surface area (Å²) in [4.78, 5) is 21.3. The van der Waals surface area contributed by atoms with Crippen molar-refractivity contribution in [3.05, 3.63) is 41.8 Å². The third kappa shape index (κ3) is 3.55. The van der Waals surface area contributed by atoms with E-state index < -0.39 is 5.82 Å². The van der Waals surface area contributed by atoms with Crippen molar-refractivity contribution in [3.63, 3.8) is 0 Å². The van der Waals surface area contributed by atoms with Gasteiger partial charge in [-0.15, -0.1) is 10.2 Å². The molecule has 31 heavy (non-hydrogen) atoms.